The Morgan fingerprint density at radius 2 is 1.74 bits per heavy atom. The van der Waals surface area contributed by atoms with Crippen LogP contribution in [0.2, 0.25) is 0 Å². The molecular weight excluding hydrogens is 583 g/mol. The maximum absolute atomic E-state index is 14.3. The summed E-state index contributed by atoms with van der Waals surface area (Å²) in [5, 5.41) is 6.22. The minimum absolute atomic E-state index is 0.107. The van der Waals surface area contributed by atoms with E-state index in [1.807, 2.05) is 0 Å². The molecule has 5 rings (SSSR count). The molecule has 0 radical (unpaired) electrons. The lowest BCUT2D eigenvalue weighted by atomic mass is 9.94. The van der Waals surface area contributed by atoms with Crippen LogP contribution in [0.4, 0.5) is 30.7 Å². The van der Waals surface area contributed by atoms with Crippen molar-refractivity contribution in [3.05, 3.63) is 106 Å². The van der Waals surface area contributed by atoms with Crippen LogP contribution in [0.1, 0.15) is 57.5 Å². The molecule has 0 spiro atoms. The molecule has 7 nitrogen and oxygen atoms in total. The van der Waals surface area contributed by atoms with Crippen molar-refractivity contribution in [2.75, 3.05) is 0 Å². The number of primary amides is 1. The molecule has 0 fully saturated rings. The van der Waals surface area contributed by atoms with Crippen LogP contribution >= 0.6 is 0 Å². The van der Waals surface area contributed by atoms with Crippen molar-refractivity contribution in [2.45, 2.75) is 44.2 Å². The zero-order chi connectivity index (χ0) is 31.1. The maximum atomic E-state index is 14.3. The van der Waals surface area contributed by atoms with E-state index in [1.165, 1.54) is 24.4 Å². The lowest BCUT2D eigenvalue weighted by Crippen LogP contribution is -2.34. The Kier molecular flexibility index (Phi) is 7.95. The first-order valence-electron chi connectivity index (χ1n) is 12.9. The van der Waals surface area contributed by atoms with E-state index in [0.29, 0.717) is 11.6 Å². The molecule has 0 saturated carbocycles. The fourth-order valence-electron chi connectivity index (χ4n) is 5.23. The van der Waals surface area contributed by atoms with Crippen LogP contribution in [0.25, 0.3) is 11.1 Å². The number of aromatic nitrogens is 3. The predicted molar refractivity (Wildman–Crippen MR) is 138 cm³/mol. The summed E-state index contributed by atoms with van der Waals surface area (Å²) in [6.07, 6.45) is -3.16. The Morgan fingerprint density at radius 3 is 2.42 bits per heavy atom. The Bertz CT molecular complexity index is 1700. The van der Waals surface area contributed by atoms with Crippen LogP contribution in [-0.4, -0.2) is 26.6 Å². The summed E-state index contributed by atoms with van der Waals surface area (Å²) in [4.78, 5) is 29.3. The van der Waals surface area contributed by atoms with Gasteiger partial charge in [0.1, 0.15) is 29.7 Å². The van der Waals surface area contributed by atoms with E-state index in [1.54, 1.807) is 6.07 Å². The molecule has 1 atom stereocenters. The average Bonchev–Trinajstić information content (AvgIpc) is 3.45. The van der Waals surface area contributed by atoms with Gasteiger partial charge in [-0.15, -0.1) is 0 Å². The second kappa shape index (κ2) is 11.5. The molecule has 2 aromatic heterocycles. The summed E-state index contributed by atoms with van der Waals surface area (Å²) in [7, 11) is 0. The molecule has 1 aliphatic rings. The molecule has 0 unspecified atom stereocenters. The van der Waals surface area contributed by atoms with Crippen LogP contribution in [0, 0.1) is 17.5 Å². The molecule has 2 heterocycles. The monoisotopic (exact) mass is 605 g/mol. The van der Waals surface area contributed by atoms with Crippen LogP contribution in [0.3, 0.4) is 0 Å². The topological polar surface area (TPSA) is 103 Å². The molecule has 0 bridgehead atoms. The smallest absolute Gasteiger partial charge is 0.282 e. The van der Waals surface area contributed by atoms with Crippen molar-refractivity contribution in [1.82, 2.24) is 20.1 Å². The van der Waals surface area contributed by atoms with Gasteiger partial charge in [0.2, 0.25) is 5.91 Å². The van der Waals surface area contributed by atoms with Crippen molar-refractivity contribution >= 4 is 11.8 Å². The summed E-state index contributed by atoms with van der Waals surface area (Å²) in [5.74, 6) is -8.07. The van der Waals surface area contributed by atoms with E-state index in [-0.39, 0.29) is 35.4 Å². The lowest BCUT2D eigenvalue weighted by molar-refractivity contribution is -0.122. The number of hydrogen-bond acceptors (Lipinski definition) is 4. The lowest BCUT2D eigenvalue weighted by Gasteiger charge is -2.22. The Labute approximate surface area is 239 Å². The highest BCUT2D eigenvalue weighted by Crippen LogP contribution is 2.45. The molecule has 14 heteroatoms. The third kappa shape index (κ3) is 6.08. The number of carbonyl (C=O) groups excluding carboxylic acids is 2. The first-order chi connectivity index (χ1) is 20.3. The van der Waals surface area contributed by atoms with Crippen molar-refractivity contribution < 1.29 is 40.3 Å². The van der Waals surface area contributed by atoms with Crippen LogP contribution in [0.5, 0.6) is 0 Å². The third-order valence-corrected chi connectivity index (χ3v) is 7.04. The number of halogens is 7. The van der Waals surface area contributed by atoms with Gasteiger partial charge in [0.15, 0.2) is 0 Å². The number of rotatable bonds is 9. The zero-order valence-corrected chi connectivity index (χ0v) is 22.1. The van der Waals surface area contributed by atoms with Crippen molar-refractivity contribution in [3.8, 4) is 11.1 Å². The van der Waals surface area contributed by atoms with Gasteiger partial charge < -0.3 is 11.1 Å². The first-order valence-corrected chi connectivity index (χ1v) is 12.9. The standard InChI is InChI=1S/C29H22F7N5O2/c30-16-8-14(9-17(31)12-16)10-21(25-18(2-1-7-38-25)15-3-4-20(32)19(11-15)28(37)43)39-23(42)13-41-22-5-6-29(35,36)24(22)26(40-41)27(33)34/h1-4,7-9,11-12,21,27H,5-6,10,13H2,(H2,37,43)(H,39,42)/t21-/m0/s1. The zero-order valence-electron chi connectivity index (χ0n) is 22.1. The summed E-state index contributed by atoms with van der Waals surface area (Å²) >= 11 is 0. The number of alkyl halides is 4. The van der Waals surface area contributed by atoms with Gasteiger partial charge in [-0.3, -0.25) is 19.3 Å². The van der Waals surface area contributed by atoms with E-state index in [4.69, 9.17) is 5.73 Å². The fraction of sp³-hybridized carbons (Fsp3) is 0.241. The second-order valence-electron chi connectivity index (χ2n) is 9.97. The minimum atomic E-state index is -3.53. The average molecular weight is 606 g/mol. The van der Waals surface area contributed by atoms with E-state index < -0.39 is 77.4 Å². The van der Waals surface area contributed by atoms with E-state index in [9.17, 15) is 40.3 Å². The van der Waals surface area contributed by atoms with Gasteiger partial charge in [-0.05, 0) is 54.3 Å². The van der Waals surface area contributed by atoms with Crippen molar-refractivity contribution in [1.29, 1.82) is 0 Å². The number of nitrogens with one attached hydrogen (secondary N) is 1. The van der Waals surface area contributed by atoms with Gasteiger partial charge in [0.05, 0.1) is 22.9 Å². The summed E-state index contributed by atoms with van der Waals surface area (Å²) in [5.41, 5.74) is 3.48. The van der Waals surface area contributed by atoms with E-state index in [2.05, 4.69) is 15.4 Å². The highest BCUT2D eigenvalue weighted by molar-refractivity contribution is 5.94. The SMILES string of the molecule is NC(=O)c1cc(-c2cccnc2[C@H](Cc2cc(F)cc(F)c2)NC(=O)Cn2nc(C(F)F)c3c2CCC3(F)F)ccc1F. The van der Waals surface area contributed by atoms with Gasteiger partial charge in [-0.1, -0.05) is 12.1 Å². The Morgan fingerprint density at radius 1 is 1.02 bits per heavy atom. The van der Waals surface area contributed by atoms with Crippen molar-refractivity contribution in [3.63, 3.8) is 0 Å². The Balaban J connectivity index is 1.53. The molecule has 4 aromatic rings. The largest absolute Gasteiger partial charge is 0.366 e. The van der Waals surface area contributed by atoms with Gasteiger partial charge in [0.25, 0.3) is 18.3 Å². The second-order valence-corrected chi connectivity index (χ2v) is 9.97. The number of fused-ring (bicyclic) bond motifs is 1. The maximum Gasteiger partial charge on any atom is 0.282 e. The van der Waals surface area contributed by atoms with Gasteiger partial charge >= 0.3 is 0 Å². The van der Waals surface area contributed by atoms with Crippen LogP contribution in [-0.2, 0) is 30.1 Å². The molecule has 43 heavy (non-hydrogen) atoms. The number of amides is 2. The molecule has 3 N–H and O–H groups in total. The molecule has 0 aliphatic heterocycles. The molecular formula is C29H22F7N5O2. The molecule has 1 aliphatic carbocycles. The first kappa shape index (κ1) is 29.7. The number of carbonyl (C=O) groups is 2. The number of nitrogens with two attached hydrogens (primary N) is 1. The predicted octanol–water partition coefficient (Wildman–Crippen LogP) is 5.54. The summed E-state index contributed by atoms with van der Waals surface area (Å²) in [6, 6.07) is 8.18. The normalized spacial score (nSPS) is 14.5. The van der Waals surface area contributed by atoms with Crippen LogP contribution in [0.15, 0.2) is 54.7 Å². The van der Waals surface area contributed by atoms with Crippen molar-refractivity contribution in [2.24, 2.45) is 5.73 Å². The summed E-state index contributed by atoms with van der Waals surface area (Å²) < 4.78 is 98.8. The number of nitrogens with zero attached hydrogens (tertiary/aromatic N) is 3. The Hall–Kier alpha value is -4.75. The third-order valence-electron chi connectivity index (χ3n) is 7.04. The number of pyridine rings is 1. The number of hydrogen-bond donors (Lipinski definition) is 2. The van der Waals surface area contributed by atoms with Crippen LogP contribution < -0.4 is 11.1 Å². The quantitative estimate of drug-likeness (QED) is 0.245. The number of benzene rings is 2. The molecule has 0 saturated heterocycles. The fourth-order valence-corrected chi connectivity index (χ4v) is 5.23. The van der Waals surface area contributed by atoms with Gasteiger partial charge in [-0.2, -0.15) is 5.10 Å². The molecule has 224 valence electrons. The van der Waals surface area contributed by atoms with Gasteiger partial charge in [-0.25, -0.2) is 30.7 Å². The van der Waals surface area contributed by atoms with E-state index >= 15 is 0 Å². The molecule has 2 amide bonds. The molecule has 2 aromatic carbocycles. The van der Waals surface area contributed by atoms with Gasteiger partial charge in [0, 0.05) is 29.9 Å². The highest BCUT2D eigenvalue weighted by Gasteiger charge is 2.46. The van der Waals surface area contributed by atoms with E-state index in [0.717, 1.165) is 22.9 Å². The minimum Gasteiger partial charge on any atom is -0.366 e. The highest BCUT2D eigenvalue weighted by atomic mass is 19.3. The summed E-state index contributed by atoms with van der Waals surface area (Å²) in [6.45, 7) is -0.719.